The van der Waals surface area contributed by atoms with Crippen LogP contribution in [0.5, 0.6) is 0 Å². The van der Waals surface area contributed by atoms with Gasteiger partial charge in [0.15, 0.2) is 5.17 Å². The summed E-state index contributed by atoms with van der Waals surface area (Å²) in [5, 5.41) is 4.46. The lowest BCUT2D eigenvalue weighted by atomic mass is 9.89. The van der Waals surface area contributed by atoms with Crippen molar-refractivity contribution in [1.29, 1.82) is 0 Å². The first-order valence-electron chi connectivity index (χ1n) is 6.72. The van der Waals surface area contributed by atoms with E-state index in [-0.39, 0.29) is 0 Å². The van der Waals surface area contributed by atoms with Gasteiger partial charge in [-0.25, -0.2) is 0 Å². The van der Waals surface area contributed by atoms with Crippen LogP contribution in [0.3, 0.4) is 0 Å². The lowest BCUT2D eigenvalue weighted by molar-refractivity contribution is 0.358. The molecule has 1 aliphatic heterocycles. The summed E-state index contributed by atoms with van der Waals surface area (Å²) in [6, 6.07) is 4.02. The monoisotopic (exact) mass is 264 g/mol. The first-order chi connectivity index (χ1) is 8.76. The van der Waals surface area contributed by atoms with Crippen molar-refractivity contribution in [2.75, 3.05) is 12.3 Å². The van der Waals surface area contributed by atoms with E-state index < -0.39 is 0 Å². The number of thioether (sulfide) groups is 1. The maximum atomic E-state index is 5.54. The molecule has 1 spiro atoms. The van der Waals surface area contributed by atoms with Gasteiger partial charge < -0.3 is 9.73 Å². The maximum Gasteiger partial charge on any atom is 0.156 e. The molecule has 0 aromatic carbocycles. The second-order valence-corrected chi connectivity index (χ2v) is 6.45. The molecule has 0 bridgehead atoms. The predicted molar refractivity (Wildman–Crippen MR) is 75.9 cm³/mol. The number of hydrogen-bond donors (Lipinski definition) is 1. The van der Waals surface area contributed by atoms with Crippen molar-refractivity contribution >= 4 is 16.9 Å². The van der Waals surface area contributed by atoms with E-state index >= 15 is 0 Å². The van der Waals surface area contributed by atoms with Gasteiger partial charge in [0.1, 0.15) is 11.5 Å². The topological polar surface area (TPSA) is 37.5 Å². The molecule has 4 heteroatoms. The molecule has 98 valence electrons. The Balaban J connectivity index is 1.54. The van der Waals surface area contributed by atoms with E-state index in [1.165, 1.54) is 31.4 Å². The first-order valence-corrected chi connectivity index (χ1v) is 7.71. The van der Waals surface area contributed by atoms with Gasteiger partial charge in [0.25, 0.3) is 0 Å². The van der Waals surface area contributed by atoms with Crippen molar-refractivity contribution in [3.63, 3.8) is 0 Å². The average molecular weight is 264 g/mol. The molecule has 3 nitrogen and oxygen atoms in total. The Hall–Kier alpha value is -0.900. The molecule has 0 atom stereocenters. The molecule has 1 fully saturated rings. The zero-order chi connectivity index (χ0) is 12.4. The zero-order valence-electron chi connectivity index (χ0n) is 10.9. The van der Waals surface area contributed by atoms with E-state index in [1.807, 2.05) is 30.8 Å². The third kappa shape index (κ3) is 2.58. The predicted octanol–water partition coefficient (Wildman–Crippen LogP) is 3.34. The number of hydrogen-bond acceptors (Lipinski definition) is 4. The fourth-order valence-electron chi connectivity index (χ4n) is 2.83. The quantitative estimate of drug-likeness (QED) is 0.890. The summed E-state index contributed by atoms with van der Waals surface area (Å²) in [5.41, 5.74) is 0.525. The van der Waals surface area contributed by atoms with E-state index in [0.717, 1.165) is 29.8 Å². The van der Waals surface area contributed by atoms with Gasteiger partial charge in [0.2, 0.25) is 0 Å². The third-order valence-electron chi connectivity index (χ3n) is 3.95. The molecular weight excluding hydrogens is 244 g/mol. The summed E-state index contributed by atoms with van der Waals surface area (Å²) in [6.07, 6.45) is 5.53. The number of aliphatic imine (C=N–C) groups is 1. The summed E-state index contributed by atoms with van der Waals surface area (Å²) in [7, 11) is 0. The Morgan fingerprint density at radius 2 is 2.22 bits per heavy atom. The number of aryl methyl sites for hydroxylation is 1. The van der Waals surface area contributed by atoms with Crippen LogP contribution in [-0.2, 0) is 6.54 Å². The van der Waals surface area contributed by atoms with Gasteiger partial charge in [-0.15, -0.1) is 0 Å². The molecule has 2 aliphatic rings. The third-order valence-corrected chi connectivity index (χ3v) is 5.25. The number of nitrogens with zero attached hydrogens (tertiary/aromatic N) is 1. The summed E-state index contributed by atoms with van der Waals surface area (Å²) in [5.74, 6) is 3.18. The Labute approximate surface area is 112 Å². The normalized spacial score (nSPS) is 22.2. The van der Waals surface area contributed by atoms with Crippen molar-refractivity contribution in [2.24, 2.45) is 10.4 Å². The van der Waals surface area contributed by atoms with Crippen molar-refractivity contribution in [2.45, 2.75) is 39.2 Å². The lowest BCUT2D eigenvalue weighted by Gasteiger charge is -2.30. The Bertz CT molecular complexity index is 446. The van der Waals surface area contributed by atoms with E-state index in [2.05, 4.69) is 5.32 Å². The van der Waals surface area contributed by atoms with Gasteiger partial charge in [-0.1, -0.05) is 24.6 Å². The molecule has 1 aliphatic carbocycles. The van der Waals surface area contributed by atoms with E-state index in [9.17, 15) is 0 Å². The molecule has 0 radical (unpaired) electrons. The first kappa shape index (κ1) is 12.2. The van der Waals surface area contributed by atoms with Gasteiger partial charge >= 0.3 is 0 Å². The van der Waals surface area contributed by atoms with Gasteiger partial charge in [-0.05, 0) is 37.3 Å². The maximum absolute atomic E-state index is 5.54. The highest BCUT2D eigenvalue weighted by molar-refractivity contribution is 8.13. The summed E-state index contributed by atoms with van der Waals surface area (Å²) in [4.78, 5) is 4.71. The molecule has 2 heterocycles. The number of rotatable bonds is 2. The van der Waals surface area contributed by atoms with Crippen molar-refractivity contribution < 1.29 is 4.42 Å². The highest BCUT2D eigenvalue weighted by Crippen LogP contribution is 2.43. The second-order valence-electron chi connectivity index (χ2n) is 5.48. The van der Waals surface area contributed by atoms with Crippen LogP contribution < -0.4 is 5.32 Å². The van der Waals surface area contributed by atoms with Crippen LogP contribution >= 0.6 is 11.8 Å². The minimum absolute atomic E-state index is 0.525. The Morgan fingerprint density at radius 3 is 2.83 bits per heavy atom. The van der Waals surface area contributed by atoms with Gasteiger partial charge in [-0.3, -0.25) is 4.99 Å². The number of nitrogens with one attached hydrogen (secondary N) is 1. The second kappa shape index (κ2) is 5.00. The molecule has 1 N–H and O–H groups in total. The highest BCUT2D eigenvalue weighted by Gasteiger charge is 2.36. The van der Waals surface area contributed by atoms with E-state index in [1.54, 1.807) is 0 Å². The Kier molecular flexibility index (Phi) is 3.37. The fraction of sp³-hybridized carbons (Fsp3) is 0.643. The molecule has 0 saturated heterocycles. The van der Waals surface area contributed by atoms with Crippen LogP contribution in [0, 0.1) is 12.3 Å². The van der Waals surface area contributed by atoms with Gasteiger partial charge in [0, 0.05) is 12.3 Å². The van der Waals surface area contributed by atoms with Crippen LogP contribution in [0.15, 0.2) is 21.5 Å². The van der Waals surface area contributed by atoms with Crippen LogP contribution in [0.4, 0.5) is 0 Å². The average Bonchev–Trinajstić information content (AvgIpc) is 2.99. The van der Waals surface area contributed by atoms with Crippen LogP contribution in [-0.4, -0.2) is 17.5 Å². The largest absolute Gasteiger partial charge is 0.465 e. The highest BCUT2D eigenvalue weighted by atomic mass is 32.2. The number of amidine groups is 1. The zero-order valence-corrected chi connectivity index (χ0v) is 11.7. The van der Waals surface area contributed by atoms with Gasteiger partial charge in [-0.2, -0.15) is 0 Å². The van der Waals surface area contributed by atoms with E-state index in [4.69, 9.17) is 9.41 Å². The van der Waals surface area contributed by atoms with Crippen LogP contribution in [0.1, 0.15) is 37.2 Å². The molecule has 18 heavy (non-hydrogen) atoms. The minimum Gasteiger partial charge on any atom is -0.465 e. The molecule has 1 aromatic rings. The fourth-order valence-corrected chi connectivity index (χ4v) is 3.98. The Morgan fingerprint density at radius 1 is 1.39 bits per heavy atom. The van der Waals surface area contributed by atoms with Crippen molar-refractivity contribution in [3.8, 4) is 0 Å². The minimum atomic E-state index is 0.525. The lowest BCUT2D eigenvalue weighted by Crippen LogP contribution is -2.33. The van der Waals surface area contributed by atoms with Crippen molar-refractivity contribution in [3.05, 3.63) is 23.7 Å². The van der Waals surface area contributed by atoms with Crippen molar-refractivity contribution in [1.82, 2.24) is 5.32 Å². The molecule has 3 rings (SSSR count). The number of furan rings is 1. The summed E-state index contributed by atoms with van der Waals surface area (Å²) < 4.78 is 5.54. The smallest absolute Gasteiger partial charge is 0.156 e. The van der Waals surface area contributed by atoms with Crippen LogP contribution in [0.2, 0.25) is 0 Å². The molecule has 0 unspecified atom stereocenters. The molecule has 0 amide bonds. The molecule has 1 aromatic heterocycles. The SMILES string of the molecule is Cc1ccc(CNC2=NCC3(CCCC3)CS2)o1. The molecular formula is C14H20N2OS. The summed E-state index contributed by atoms with van der Waals surface area (Å²) >= 11 is 1.88. The summed E-state index contributed by atoms with van der Waals surface area (Å²) in [6.45, 7) is 3.73. The van der Waals surface area contributed by atoms with Crippen LogP contribution in [0.25, 0.3) is 0 Å². The molecule has 1 saturated carbocycles. The van der Waals surface area contributed by atoms with Gasteiger partial charge in [0.05, 0.1) is 6.54 Å². The standard InChI is InChI=1S/C14H20N2OS/c1-11-4-5-12(17-11)8-15-13-16-9-14(10-18-13)6-2-3-7-14/h4-5H,2-3,6-10H2,1H3,(H,15,16). The van der Waals surface area contributed by atoms with E-state index in [0.29, 0.717) is 5.41 Å².